The quantitative estimate of drug-likeness (QED) is 0.818. The molecule has 1 aliphatic rings. The molecular formula is C18H18ClF3N4O. The lowest BCUT2D eigenvalue weighted by Crippen LogP contribution is -2.35. The maximum absolute atomic E-state index is 12.8. The van der Waals surface area contributed by atoms with Crippen LogP contribution in [0.3, 0.4) is 0 Å². The van der Waals surface area contributed by atoms with Crippen LogP contribution in [-0.2, 0) is 6.18 Å². The maximum atomic E-state index is 12.8. The summed E-state index contributed by atoms with van der Waals surface area (Å²) >= 11 is 5.89. The third-order valence-electron chi connectivity index (χ3n) is 4.39. The number of hydrogen-bond acceptors (Lipinski definition) is 4. The molecule has 1 N–H and O–H groups in total. The molecule has 1 saturated heterocycles. The molecule has 1 aromatic heterocycles. The first-order valence-corrected chi connectivity index (χ1v) is 8.87. The maximum Gasteiger partial charge on any atom is 0.416 e. The van der Waals surface area contributed by atoms with Gasteiger partial charge in [0, 0.05) is 13.1 Å². The van der Waals surface area contributed by atoms with E-state index in [4.69, 9.17) is 11.6 Å². The number of halogens is 4. The van der Waals surface area contributed by atoms with Crippen molar-refractivity contribution in [2.75, 3.05) is 23.3 Å². The highest BCUT2D eigenvalue weighted by atomic mass is 35.5. The Bertz CT molecular complexity index is 826. The first kappa shape index (κ1) is 19.4. The van der Waals surface area contributed by atoms with Crippen LogP contribution in [0.5, 0.6) is 0 Å². The van der Waals surface area contributed by atoms with E-state index in [0.717, 1.165) is 37.7 Å². The van der Waals surface area contributed by atoms with Crippen LogP contribution in [0.15, 0.2) is 30.6 Å². The molecule has 2 heterocycles. The minimum Gasteiger partial charge on any atom is -0.355 e. The van der Waals surface area contributed by atoms with Crippen molar-refractivity contribution in [3.63, 3.8) is 0 Å². The molecule has 9 heteroatoms. The lowest BCUT2D eigenvalue weighted by Gasteiger charge is -2.31. The third-order valence-corrected chi connectivity index (χ3v) is 4.72. The second kappa shape index (κ2) is 7.72. The fourth-order valence-corrected chi connectivity index (χ4v) is 3.15. The van der Waals surface area contributed by atoms with Crippen molar-refractivity contribution in [3.05, 3.63) is 46.9 Å². The third kappa shape index (κ3) is 4.68. The predicted molar refractivity (Wildman–Crippen MR) is 97.1 cm³/mol. The minimum atomic E-state index is -4.53. The fourth-order valence-electron chi connectivity index (χ4n) is 2.98. The highest BCUT2D eigenvalue weighted by Crippen LogP contribution is 2.34. The first-order valence-electron chi connectivity index (χ1n) is 8.49. The van der Waals surface area contributed by atoms with Crippen LogP contribution in [0.2, 0.25) is 5.02 Å². The SMILES string of the molecule is CC1CCCN(c2cnc(C(=O)Nc3cc(C(F)(F)F)ccc3Cl)cn2)C1. The Kier molecular flexibility index (Phi) is 5.55. The summed E-state index contributed by atoms with van der Waals surface area (Å²) in [5, 5.41) is 2.36. The van der Waals surface area contributed by atoms with Gasteiger partial charge in [0.1, 0.15) is 11.5 Å². The number of anilines is 2. The fraction of sp³-hybridized carbons (Fsp3) is 0.389. The normalized spacial score (nSPS) is 17.7. The highest BCUT2D eigenvalue weighted by Gasteiger charge is 2.31. The molecule has 0 bridgehead atoms. The van der Waals surface area contributed by atoms with E-state index in [1.54, 1.807) is 0 Å². The number of rotatable bonds is 3. The molecule has 1 amide bonds. The van der Waals surface area contributed by atoms with Gasteiger partial charge in [0.05, 0.1) is 28.7 Å². The number of benzene rings is 1. The Morgan fingerprint density at radius 2 is 2.07 bits per heavy atom. The highest BCUT2D eigenvalue weighted by molar-refractivity contribution is 6.33. The number of carbonyl (C=O) groups is 1. The Hall–Kier alpha value is -2.35. The molecule has 1 atom stereocenters. The zero-order valence-corrected chi connectivity index (χ0v) is 15.3. The van der Waals surface area contributed by atoms with Crippen molar-refractivity contribution in [3.8, 4) is 0 Å². The average Bonchev–Trinajstić information content (AvgIpc) is 2.62. The standard InChI is InChI=1S/C18H18ClF3N4O/c1-11-3-2-6-26(10-11)16-9-23-15(8-24-16)17(27)25-14-7-12(18(20,21)22)4-5-13(14)19/h4-5,7-9,11H,2-3,6,10H2,1H3,(H,25,27). The molecule has 5 nitrogen and oxygen atoms in total. The molecule has 0 aliphatic carbocycles. The van der Waals surface area contributed by atoms with Crippen LogP contribution in [-0.4, -0.2) is 29.0 Å². The smallest absolute Gasteiger partial charge is 0.355 e. The summed E-state index contributed by atoms with van der Waals surface area (Å²) in [5.74, 6) is 0.559. The molecule has 1 fully saturated rings. The van der Waals surface area contributed by atoms with Crippen LogP contribution in [0.4, 0.5) is 24.7 Å². The largest absolute Gasteiger partial charge is 0.416 e. The van der Waals surface area contributed by atoms with Crippen molar-refractivity contribution in [2.24, 2.45) is 5.92 Å². The van der Waals surface area contributed by atoms with Crippen LogP contribution in [0, 0.1) is 5.92 Å². The van der Waals surface area contributed by atoms with Gasteiger partial charge in [-0.1, -0.05) is 18.5 Å². The molecule has 3 rings (SSSR count). The molecule has 27 heavy (non-hydrogen) atoms. The summed E-state index contributed by atoms with van der Waals surface area (Å²) in [4.78, 5) is 22.8. The summed E-state index contributed by atoms with van der Waals surface area (Å²) in [7, 11) is 0. The summed E-state index contributed by atoms with van der Waals surface area (Å²) in [6.45, 7) is 3.92. The van der Waals surface area contributed by atoms with Gasteiger partial charge in [0.15, 0.2) is 0 Å². The second-order valence-electron chi connectivity index (χ2n) is 6.60. The van der Waals surface area contributed by atoms with Gasteiger partial charge >= 0.3 is 6.18 Å². The molecule has 0 radical (unpaired) electrons. The van der Waals surface area contributed by atoms with Gasteiger partial charge in [-0.2, -0.15) is 13.2 Å². The van der Waals surface area contributed by atoms with E-state index in [1.165, 1.54) is 18.8 Å². The second-order valence-corrected chi connectivity index (χ2v) is 7.01. The zero-order valence-electron chi connectivity index (χ0n) is 14.6. The molecule has 0 saturated carbocycles. The lowest BCUT2D eigenvalue weighted by atomic mass is 10.0. The van der Waals surface area contributed by atoms with Gasteiger partial charge in [-0.15, -0.1) is 0 Å². The number of nitrogens with zero attached hydrogens (tertiary/aromatic N) is 3. The van der Waals surface area contributed by atoms with Gasteiger partial charge in [-0.3, -0.25) is 4.79 Å². The number of amides is 1. The van der Waals surface area contributed by atoms with Gasteiger partial charge in [0.2, 0.25) is 0 Å². The molecule has 1 unspecified atom stereocenters. The molecule has 1 aliphatic heterocycles. The van der Waals surface area contributed by atoms with Crippen molar-refractivity contribution in [2.45, 2.75) is 25.9 Å². The first-order chi connectivity index (χ1) is 12.7. The number of alkyl halides is 3. The van der Waals surface area contributed by atoms with E-state index in [9.17, 15) is 18.0 Å². The van der Waals surface area contributed by atoms with E-state index in [-0.39, 0.29) is 16.4 Å². The van der Waals surface area contributed by atoms with E-state index in [2.05, 4.69) is 27.1 Å². The molecule has 144 valence electrons. The van der Waals surface area contributed by atoms with Crippen molar-refractivity contribution in [1.29, 1.82) is 0 Å². The van der Waals surface area contributed by atoms with Crippen molar-refractivity contribution in [1.82, 2.24) is 9.97 Å². The van der Waals surface area contributed by atoms with E-state index >= 15 is 0 Å². The number of carbonyl (C=O) groups excluding carboxylic acids is 1. The van der Waals surface area contributed by atoms with Crippen LogP contribution >= 0.6 is 11.6 Å². The van der Waals surface area contributed by atoms with Gasteiger partial charge in [-0.25, -0.2) is 9.97 Å². The van der Waals surface area contributed by atoms with Crippen LogP contribution in [0.25, 0.3) is 0 Å². The summed E-state index contributed by atoms with van der Waals surface area (Å²) in [6.07, 6.45) is 0.518. The molecule has 2 aromatic rings. The van der Waals surface area contributed by atoms with Gasteiger partial charge in [0.25, 0.3) is 5.91 Å². The lowest BCUT2D eigenvalue weighted by molar-refractivity contribution is -0.137. The number of nitrogens with one attached hydrogen (secondary N) is 1. The summed E-state index contributed by atoms with van der Waals surface area (Å²) in [5.41, 5.74) is -1.03. The van der Waals surface area contributed by atoms with Crippen molar-refractivity contribution >= 4 is 29.0 Å². The Labute approximate surface area is 159 Å². The predicted octanol–water partition coefficient (Wildman–Crippen LogP) is 4.64. The Balaban J connectivity index is 1.73. The average molecular weight is 399 g/mol. The van der Waals surface area contributed by atoms with E-state index in [0.29, 0.717) is 11.7 Å². The number of hydrogen-bond donors (Lipinski definition) is 1. The molecule has 0 spiro atoms. The Morgan fingerprint density at radius 3 is 2.70 bits per heavy atom. The van der Waals surface area contributed by atoms with Gasteiger partial charge < -0.3 is 10.2 Å². The number of piperidine rings is 1. The Morgan fingerprint density at radius 1 is 1.30 bits per heavy atom. The van der Waals surface area contributed by atoms with Crippen LogP contribution in [0.1, 0.15) is 35.8 Å². The summed E-state index contributed by atoms with van der Waals surface area (Å²) < 4.78 is 38.5. The molecule has 1 aromatic carbocycles. The van der Waals surface area contributed by atoms with Crippen molar-refractivity contribution < 1.29 is 18.0 Å². The zero-order chi connectivity index (χ0) is 19.6. The topological polar surface area (TPSA) is 58.1 Å². The monoisotopic (exact) mass is 398 g/mol. The number of aromatic nitrogens is 2. The van der Waals surface area contributed by atoms with E-state index in [1.807, 2.05) is 0 Å². The summed E-state index contributed by atoms with van der Waals surface area (Å²) in [6, 6.07) is 2.73. The van der Waals surface area contributed by atoms with Gasteiger partial charge in [-0.05, 0) is 37.0 Å². The minimum absolute atomic E-state index is 0.00251. The molecular weight excluding hydrogens is 381 g/mol. The van der Waals surface area contributed by atoms with Crippen LogP contribution < -0.4 is 10.2 Å². The van der Waals surface area contributed by atoms with E-state index < -0.39 is 17.6 Å².